The van der Waals surface area contributed by atoms with Gasteiger partial charge in [-0.05, 0) is 18.2 Å². The maximum absolute atomic E-state index is 13.3. The number of carbonyl (C=O) groups excluding carboxylic acids is 1. The van der Waals surface area contributed by atoms with E-state index in [1.54, 1.807) is 0 Å². The van der Waals surface area contributed by atoms with Crippen LogP contribution in [-0.4, -0.2) is 42.1 Å². The van der Waals surface area contributed by atoms with Gasteiger partial charge in [0.05, 0.1) is 28.4 Å². The fraction of sp³-hybridized carbons (Fsp3) is 0.222. The van der Waals surface area contributed by atoms with Crippen LogP contribution in [0.15, 0.2) is 42.9 Å². The number of amides is 1. The molecule has 0 saturated heterocycles. The van der Waals surface area contributed by atoms with Gasteiger partial charge in [0.1, 0.15) is 16.7 Å². The first kappa shape index (κ1) is 17.9. The van der Waals surface area contributed by atoms with Crippen LogP contribution in [0.2, 0.25) is 0 Å². The van der Waals surface area contributed by atoms with Crippen molar-refractivity contribution >= 4 is 27.5 Å². The molecule has 3 aromatic heterocycles. The minimum atomic E-state index is -4.78. The number of nitrogens with zero attached hydrogens (tertiary/aromatic N) is 5. The Balaban J connectivity index is 1.62. The molecule has 0 fully saturated rings. The molecule has 1 aliphatic heterocycles. The Morgan fingerprint density at radius 1 is 1.24 bits per heavy atom. The maximum atomic E-state index is 13.3. The first-order valence-electron chi connectivity index (χ1n) is 8.73. The molecule has 0 aliphatic carbocycles. The summed E-state index contributed by atoms with van der Waals surface area (Å²) in [5, 5.41) is 3.88. The lowest BCUT2D eigenvalue weighted by Crippen LogP contribution is -2.42. The predicted molar refractivity (Wildman–Crippen MR) is 98.3 cm³/mol. The number of rotatable bonds is 2. The minimum Gasteiger partial charge on any atom is -0.348 e. The third-order valence-corrected chi connectivity index (χ3v) is 5.92. The van der Waals surface area contributed by atoms with Gasteiger partial charge in [0.15, 0.2) is 0 Å². The lowest BCUT2D eigenvalue weighted by Gasteiger charge is -2.33. The van der Waals surface area contributed by atoms with E-state index in [-0.39, 0.29) is 11.2 Å². The van der Waals surface area contributed by atoms with Crippen molar-refractivity contribution in [3.05, 3.63) is 64.9 Å². The largest absolute Gasteiger partial charge is 0.505 e. The van der Waals surface area contributed by atoms with E-state index in [2.05, 4.69) is 20.1 Å². The standard InChI is InChI=1S/C18H13F3N6OS/c19-18(20,21)27-12(5-7-24-27)17(28)26-8-6-11-14(23-9-22-11)15(26)16-25-10-3-1-2-4-13(10)29-16/h1-5,7,9,15H,6,8H2,(H,22,23)/t15-/m0/s1. The van der Waals surface area contributed by atoms with Crippen LogP contribution >= 0.6 is 11.3 Å². The number of thiazole rings is 1. The first-order valence-corrected chi connectivity index (χ1v) is 9.55. The van der Waals surface area contributed by atoms with Crippen LogP contribution in [0.4, 0.5) is 13.2 Å². The van der Waals surface area contributed by atoms with Crippen LogP contribution in [0.1, 0.15) is 32.9 Å². The second kappa shape index (κ2) is 6.41. The Labute approximate surface area is 165 Å². The van der Waals surface area contributed by atoms with Gasteiger partial charge < -0.3 is 9.88 Å². The molecule has 7 nitrogen and oxygen atoms in total. The molecule has 0 unspecified atom stereocenters. The van der Waals surface area contributed by atoms with Crippen molar-refractivity contribution in [1.82, 2.24) is 29.6 Å². The van der Waals surface area contributed by atoms with E-state index in [0.717, 1.165) is 28.2 Å². The molecule has 1 amide bonds. The SMILES string of the molecule is O=C(c1ccnn1C(F)(F)F)N1CCc2[nH]cnc2[C@H]1c1nc2ccccc2s1. The van der Waals surface area contributed by atoms with Gasteiger partial charge in [-0.25, -0.2) is 9.97 Å². The number of carbonyl (C=O) groups is 1. The normalized spacial score (nSPS) is 16.9. The molecule has 1 aromatic carbocycles. The van der Waals surface area contributed by atoms with E-state index in [1.165, 1.54) is 22.6 Å². The number of fused-ring (bicyclic) bond motifs is 2. The average Bonchev–Trinajstić information content (AvgIpc) is 3.44. The molecule has 0 bridgehead atoms. The molecular weight excluding hydrogens is 405 g/mol. The fourth-order valence-corrected chi connectivity index (χ4v) is 4.65. The zero-order chi connectivity index (χ0) is 20.2. The summed E-state index contributed by atoms with van der Waals surface area (Å²) in [4.78, 5) is 26.6. The van der Waals surface area contributed by atoms with Gasteiger partial charge in [-0.2, -0.15) is 9.78 Å². The minimum absolute atomic E-state index is 0.204. The number of benzene rings is 1. The molecule has 148 valence electrons. The van der Waals surface area contributed by atoms with Crippen molar-refractivity contribution in [3.8, 4) is 0 Å². The summed E-state index contributed by atoms with van der Waals surface area (Å²) < 4.78 is 40.5. The number of hydrogen-bond donors (Lipinski definition) is 1. The second-order valence-corrected chi connectivity index (χ2v) is 7.60. The highest BCUT2D eigenvalue weighted by Gasteiger charge is 2.41. The molecule has 1 atom stereocenters. The van der Waals surface area contributed by atoms with Crippen LogP contribution in [0.5, 0.6) is 0 Å². The zero-order valence-corrected chi connectivity index (χ0v) is 15.5. The smallest absolute Gasteiger partial charge is 0.348 e. The van der Waals surface area contributed by atoms with Crippen LogP contribution in [-0.2, 0) is 12.7 Å². The first-order chi connectivity index (χ1) is 13.9. The molecule has 0 saturated carbocycles. The summed E-state index contributed by atoms with van der Waals surface area (Å²) in [6, 6.07) is 7.91. The zero-order valence-electron chi connectivity index (χ0n) is 14.7. The number of para-hydroxylation sites is 1. The summed E-state index contributed by atoms with van der Waals surface area (Å²) in [7, 11) is 0. The van der Waals surface area contributed by atoms with Crippen LogP contribution < -0.4 is 0 Å². The number of hydrogen-bond acceptors (Lipinski definition) is 5. The molecule has 4 aromatic rings. The Bertz CT molecular complexity index is 1180. The van der Waals surface area contributed by atoms with E-state index < -0.39 is 23.9 Å². The summed E-state index contributed by atoms with van der Waals surface area (Å²) in [6.45, 7) is 0.234. The third-order valence-electron chi connectivity index (χ3n) is 4.83. The lowest BCUT2D eigenvalue weighted by atomic mass is 10.0. The van der Waals surface area contributed by atoms with Crippen molar-refractivity contribution in [1.29, 1.82) is 0 Å². The Morgan fingerprint density at radius 2 is 2.07 bits per heavy atom. The molecule has 0 radical (unpaired) electrons. The average molecular weight is 418 g/mol. The number of aromatic nitrogens is 5. The van der Waals surface area contributed by atoms with Crippen molar-refractivity contribution < 1.29 is 18.0 Å². The van der Waals surface area contributed by atoms with Gasteiger partial charge in [0.2, 0.25) is 0 Å². The molecule has 29 heavy (non-hydrogen) atoms. The molecule has 11 heteroatoms. The van der Waals surface area contributed by atoms with Crippen molar-refractivity contribution in [2.45, 2.75) is 18.8 Å². The molecule has 1 aliphatic rings. The predicted octanol–water partition coefficient (Wildman–Crippen LogP) is 3.48. The molecule has 1 N–H and O–H groups in total. The number of halogens is 3. The van der Waals surface area contributed by atoms with Crippen molar-refractivity contribution in [2.24, 2.45) is 0 Å². The van der Waals surface area contributed by atoms with Crippen LogP contribution in [0, 0.1) is 0 Å². The number of alkyl halides is 3. The summed E-state index contributed by atoms with van der Waals surface area (Å²) in [6.07, 6.45) is -1.83. The van der Waals surface area contributed by atoms with E-state index in [4.69, 9.17) is 0 Å². The van der Waals surface area contributed by atoms with Crippen molar-refractivity contribution in [3.63, 3.8) is 0 Å². The molecule has 5 rings (SSSR count). The van der Waals surface area contributed by atoms with Gasteiger partial charge in [-0.15, -0.1) is 24.5 Å². The van der Waals surface area contributed by atoms with E-state index in [1.807, 2.05) is 24.3 Å². The van der Waals surface area contributed by atoms with Crippen molar-refractivity contribution in [2.75, 3.05) is 6.54 Å². The molecule has 4 heterocycles. The quantitative estimate of drug-likeness (QED) is 0.541. The third kappa shape index (κ3) is 2.89. The monoisotopic (exact) mass is 418 g/mol. The van der Waals surface area contributed by atoms with E-state index in [0.29, 0.717) is 17.1 Å². The van der Waals surface area contributed by atoms with Gasteiger partial charge in [0, 0.05) is 18.7 Å². The second-order valence-electron chi connectivity index (χ2n) is 6.53. The maximum Gasteiger partial charge on any atom is 0.505 e. The van der Waals surface area contributed by atoms with Crippen LogP contribution in [0.3, 0.4) is 0 Å². The van der Waals surface area contributed by atoms with Gasteiger partial charge in [-0.1, -0.05) is 12.1 Å². The highest BCUT2D eigenvalue weighted by Crippen LogP contribution is 2.38. The van der Waals surface area contributed by atoms with E-state index in [9.17, 15) is 18.0 Å². The fourth-order valence-electron chi connectivity index (χ4n) is 3.57. The number of aromatic amines is 1. The van der Waals surface area contributed by atoms with Crippen LogP contribution in [0.25, 0.3) is 10.2 Å². The van der Waals surface area contributed by atoms with E-state index >= 15 is 0 Å². The van der Waals surface area contributed by atoms with Gasteiger partial charge >= 0.3 is 6.30 Å². The highest BCUT2D eigenvalue weighted by molar-refractivity contribution is 7.18. The summed E-state index contributed by atoms with van der Waals surface area (Å²) >= 11 is 1.40. The molecular formula is C18H13F3N6OS. The lowest BCUT2D eigenvalue weighted by molar-refractivity contribution is -0.213. The van der Waals surface area contributed by atoms with Gasteiger partial charge in [0.25, 0.3) is 5.91 Å². The Hall–Kier alpha value is -3.21. The number of imidazole rings is 1. The van der Waals surface area contributed by atoms with Gasteiger partial charge in [-0.3, -0.25) is 4.79 Å². The highest BCUT2D eigenvalue weighted by atomic mass is 32.1. The Morgan fingerprint density at radius 3 is 2.86 bits per heavy atom. The summed E-state index contributed by atoms with van der Waals surface area (Å²) in [5.74, 6) is -0.766. The number of nitrogens with one attached hydrogen (secondary N) is 1. The topological polar surface area (TPSA) is 79.7 Å². The number of H-pyrrole nitrogens is 1. The summed E-state index contributed by atoms with van der Waals surface area (Å²) in [5.41, 5.74) is 1.68. The Kier molecular flexibility index (Phi) is 3.95. The molecule has 0 spiro atoms.